The SMILES string of the molecule is COc1c(NCCNC(C)C=O)c(F)cc2c(=O)c(C(=O)O)cn(C3CC3)c12. The maximum absolute atomic E-state index is 14.8. The van der Waals surface area contributed by atoms with E-state index in [2.05, 4.69) is 10.6 Å². The van der Waals surface area contributed by atoms with Crippen LogP contribution in [0.15, 0.2) is 17.1 Å². The fourth-order valence-electron chi connectivity index (χ4n) is 3.15. The maximum atomic E-state index is 14.8. The number of pyridine rings is 1. The summed E-state index contributed by atoms with van der Waals surface area (Å²) in [4.78, 5) is 34.7. The van der Waals surface area contributed by atoms with Gasteiger partial charge in [0, 0.05) is 25.3 Å². The van der Waals surface area contributed by atoms with Crippen molar-refractivity contribution in [1.29, 1.82) is 0 Å². The van der Waals surface area contributed by atoms with E-state index >= 15 is 0 Å². The van der Waals surface area contributed by atoms with E-state index in [4.69, 9.17) is 4.74 Å². The number of aldehydes is 1. The number of hydrogen-bond donors (Lipinski definition) is 3. The number of nitrogens with zero attached hydrogens (tertiary/aromatic N) is 1. The minimum atomic E-state index is -1.35. The summed E-state index contributed by atoms with van der Waals surface area (Å²) in [5, 5.41) is 15.2. The number of halogens is 1. The Morgan fingerprint density at radius 3 is 2.75 bits per heavy atom. The summed E-state index contributed by atoms with van der Waals surface area (Å²) in [6.07, 6.45) is 3.76. The number of carboxylic acid groups (broad SMARTS) is 1. The van der Waals surface area contributed by atoms with Gasteiger partial charge in [-0.3, -0.25) is 4.79 Å². The smallest absolute Gasteiger partial charge is 0.341 e. The van der Waals surface area contributed by atoms with Crippen molar-refractivity contribution in [1.82, 2.24) is 9.88 Å². The largest absolute Gasteiger partial charge is 0.492 e. The molecule has 8 nitrogen and oxygen atoms in total. The number of nitrogens with one attached hydrogen (secondary N) is 2. The van der Waals surface area contributed by atoms with E-state index in [1.807, 2.05) is 0 Å². The summed E-state index contributed by atoms with van der Waals surface area (Å²) < 4.78 is 21.9. The molecule has 1 atom stereocenters. The van der Waals surface area contributed by atoms with Crippen LogP contribution in [-0.4, -0.2) is 48.2 Å². The molecule has 9 heteroatoms. The summed E-state index contributed by atoms with van der Waals surface area (Å²) in [7, 11) is 1.37. The average molecular weight is 391 g/mol. The van der Waals surface area contributed by atoms with Crippen molar-refractivity contribution in [3.63, 3.8) is 0 Å². The van der Waals surface area contributed by atoms with Crippen LogP contribution >= 0.6 is 0 Å². The van der Waals surface area contributed by atoms with E-state index in [1.165, 1.54) is 13.3 Å². The first kappa shape index (κ1) is 19.8. The molecule has 0 radical (unpaired) electrons. The highest BCUT2D eigenvalue weighted by atomic mass is 19.1. The average Bonchev–Trinajstić information content (AvgIpc) is 3.50. The molecule has 1 fully saturated rings. The highest BCUT2D eigenvalue weighted by Gasteiger charge is 2.30. The number of hydrogen-bond acceptors (Lipinski definition) is 6. The van der Waals surface area contributed by atoms with Crippen LogP contribution in [0.1, 0.15) is 36.2 Å². The number of fused-ring (bicyclic) bond motifs is 1. The molecular weight excluding hydrogens is 369 g/mol. The Labute approximate surface area is 160 Å². The van der Waals surface area contributed by atoms with Gasteiger partial charge in [0.05, 0.1) is 24.1 Å². The third-order valence-corrected chi connectivity index (χ3v) is 4.69. The normalized spacial score (nSPS) is 14.7. The lowest BCUT2D eigenvalue weighted by Gasteiger charge is -2.19. The van der Waals surface area contributed by atoms with Crippen LogP contribution in [0.3, 0.4) is 0 Å². The van der Waals surface area contributed by atoms with Crippen LogP contribution in [0.4, 0.5) is 10.1 Å². The number of aromatic nitrogens is 1. The molecular formula is C19H22FN3O5. The van der Waals surface area contributed by atoms with Gasteiger partial charge in [0.25, 0.3) is 0 Å². The van der Waals surface area contributed by atoms with E-state index in [0.717, 1.165) is 25.2 Å². The first-order valence-corrected chi connectivity index (χ1v) is 9.00. The molecule has 1 aromatic heterocycles. The van der Waals surface area contributed by atoms with Crippen LogP contribution in [0.2, 0.25) is 0 Å². The fraction of sp³-hybridized carbons (Fsp3) is 0.421. The number of aromatic carboxylic acids is 1. The van der Waals surface area contributed by atoms with Crippen molar-refractivity contribution in [3.05, 3.63) is 33.9 Å². The molecule has 1 aromatic carbocycles. The Bertz CT molecular complexity index is 984. The Balaban J connectivity index is 2.09. The van der Waals surface area contributed by atoms with Crippen molar-refractivity contribution >= 4 is 28.8 Å². The number of carbonyl (C=O) groups is 2. The zero-order chi connectivity index (χ0) is 20.4. The number of rotatable bonds is 9. The van der Waals surface area contributed by atoms with Gasteiger partial charge in [-0.15, -0.1) is 0 Å². The standard InChI is InChI=1S/C19H22FN3O5/c1-10(9-24)21-5-6-22-15-14(20)7-12-16(18(15)28-2)23(11-3-4-11)8-13(17(12)25)19(26)27/h7-11,21-22H,3-6H2,1-2H3,(H,26,27). The number of ether oxygens (including phenoxy) is 1. The number of anilines is 1. The van der Waals surface area contributed by atoms with Crippen molar-refractivity contribution in [2.75, 3.05) is 25.5 Å². The Morgan fingerprint density at radius 1 is 1.46 bits per heavy atom. The van der Waals surface area contributed by atoms with E-state index < -0.39 is 22.8 Å². The van der Waals surface area contributed by atoms with Crippen LogP contribution in [-0.2, 0) is 4.79 Å². The molecule has 0 aliphatic heterocycles. The van der Waals surface area contributed by atoms with Gasteiger partial charge < -0.3 is 29.8 Å². The minimum Gasteiger partial charge on any atom is -0.492 e. The summed E-state index contributed by atoms with van der Waals surface area (Å²) in [5.74, 6) is -1.91. The van der Waals surface area contributed by atoms with Crippen molar-refractivity contribution in [2.45, 2.75) is 31.8 Å². The van der Waals surface area contributed by atoms with Gasteiger partial charge in [0.15, 0.2) is 11.6 Å². The van der Waals surface area contributed by atoms with Crippen molar-refractivity contribution in [3.8, 4) is 5.75 Å². The lowest BCUT2D eigenvalue weighted by molar-refractivity contribution is -0.109. The summed E-state index contributed by atoms with van der Waals surface area (Å²) >= 11 is 0. The van der Waals surface area contributed by atoms with Crippen molar-refractivity contribution in [2.24, 2.45) is 0 Å². The highest BCUT2D eigenvalue weighted by molar-refractivity contribution is 5.97. The molecule has 0 spiro atoms. The van der Waals surface area contributed by atoms with Gasteiger partial charge in [-0.05, 0) is 25.8 Å². The zero-order valence-corrected chi connectivity index (χ0v) is 15.6. The molecule has 28 heavy (non-hydrogen) atoms. The quantitative estimate of drug-likeness (QED) is 0.441. The summed E-state index contributed by atoms with van der Waals surface area (Å²) in [6, 6.07) is 0.776. The molecule has 2 aromatic rings. The predicted molar refractivity (Wildman–Crippen MR) is 102 cm³/mol. The van der Waals surface area contributed by atoms with Gasteiger partial charge in [0.1, 0.15) is 17.5 Å². The van der Waals surface area contributed by atoms with Crippen molar-refractivity contribution < 1.29 is 23.8 Å². The number of carbonyl (C=O) groups excluding carboxylic acids is 1. The lowest BCUT2D eigenvalue weighted by Crippen LogP contribution is -2.31. The molecule has 150 valence electrons. The molecule has 1 saturated carbocycles. The second kappa shape index (κ2) is 7.97. The summed E-state index contributed by atoms with van der Waals surface area (Å²) in [5.41, 5.74) is -0.677. The lowest BCUT2D eigenvalue weighted by atomic mass is 10.1. The van der Waals surface area contributed by atoms with Gasteiger partial charge in [-0.25, -0.2) is 9.18 Å². The predicted octanol–water partition coefficient (Wildman–Crippen LogP) is 1.77. The number of benzene rings is 1. The molecule has 0 saturated heterocycles. The van der Waals surface area contributed by atoms with Crippen LogP contribution in [0.25, 0.3) is 10.9 Å². The Morgan fingerprint density at radius 2 is 2.18 bits per heavy atom. The van der Waals surface area contributed by atoms with E-state index in [-0.39, 0.29) is 28.9 Å². The van der Waals surface area contributed by atoms with Gasteiger partial charge in [0.2, 0.25) is 5.43 Å². The zero-order valence-electron chi connectivity index (χ0n) is 15.6. The second-order valence-electron chi connectivity index (χ2n) is 6.78. The fourth-order valence-corrected chi connectivity index (χ4v) is 3.15. The molecule has 0 bridgehead atoms. The van der Waals surface area contributed by atoms with Crippen LogP contribution < -0.4 is 20.8 Å². The van der Waals surface area contributed by atoms with Gasteiger partial charge in [-0.1, -0.05) is 0 Å². The maximum Gasteiger partial charge on any atom is 0.341 e. The third-order valence-electron chi connectivity index (χ3n) is 4.69. The molecule has 1 aliphatic rings. The van der Waals surface area contributed by atoms with Gasteiger partial charge >= 0.3 is 5.97 Å². The van der Waals surface area contributed by atoms with E-state index in [9.17, 15) is 23.9 Å². The number of carboxylic acids is 1. The van der Waals surface area contributed by atoms with E-state index in [0.29, 0.717) is 18.6 Å². The first-order valence-electron chi connectivity index (χ1n) is 9.00. The molecule has 0 amide bonds. The molecule has 1 unspecified atom stereocenters. The Kier molecular flexibility index (Phi) is 5.64. The molecule has 3 N–H and O–H groups in total. The minimum absolute atomic E-state index is 0.0283. The van der Waals surface area contributed by atoms with Crippen LogP contribution in [0.5, 0.6) is 5.75 Å². The molecule has 3 rings (SSSR count). The van der Waals surface area contributed by atoms with E-state index in [1.54, 1.807) is 11.5 Å². The topological polar surface area (TPSA) is 110 Å². The second-order valence-corrected chi connectivity index (χ2v) is 6.78. The van der Waals surface area contributed by atoms with Crippen LogP contribution in [0, 0.1) is 5.82 Å². The van der Waals surface area contributed by atoms with Gasteiger partial charge in [-0.2, -0.15) is 0 Å². The Hall–Kier alpha value is -2.94. The monoisotopic (exact) mass is 391 g/mol. The number of methoxy groups -OCH3 is 1. The molecule has 1 aliphatic carbocycles. The highest BCUT2D eigenvalue weighted by Crippen LogP contribution is 2.42. The third kappa shape index (κ3) is 3.70. The molecule has 1 heterocycles. The first-order chi connectivity index (χ1) is 13.4. The summed E-state index contributed by atoms with van der Waals surface area (Å²) in [6.45, 7) is 2.43.